The van der Waals surface area contributed by atoms with Crippen molar-refractivity contribution < 1.29 is 5.11 Å². The van der Waals surface area contributed by atoms with Crippen LogP contribution in [0.15, 0.2) is 61.1 Å². The molecule has 0 aliphatic carbocycles. The first kappa shape index (κ1) is 18.8. The minimum Gasteiger partial charge on any atom is -0.396 e. The third kappa shape index (κ3) is 3.86. The summed E-state index contributed by atoms with van der Waals surface area (Å²) in [4.78, 5) is 9.01. The lowest BCUT2D eigenvalue weighted by Gasteiger charge is -2.21. The molecule has 4 aromatic rings. The van der Waals surface area contributed by atoms with E-state index in [4.69, 9.17) is 0 Å². The molecular formula is C23H21N5O. The average molecular weight is 383 g/mol. The lowest BCUT2D eigenvalue weighted by molar-refractivity contribution is 0.136. The third-order valence-electron chi connectivity index (χ3n) is 4.85. The lowest BCUT2D eigenvalue weighted by Crippen LogP contribution is -2.23. The van der Waals surface area contributed by atoms with Crippen LogP contribution in [0.5, 0.6) is 0 Å². The maximum absolute atomic E-state index is 9.53. The SMILES string of the molecule is CC(C)(CO)Cn1cc(-c2ccc(C#N)nc2-c2ccc3cccnc3c2)cn1. The fourth-order valence-electron chi connectivity index (χ4n) is 3.27. The van der Waals surface area contributed by atoms with Crippen molar-refractivity contribution >= 4 is 10.9 Å². The van der Waals surface area contributed by atoms with E-state index in [1.54, 1.807) is 18.5 Å². The summed E-state index contributed by atoms with van der Waals surface area (Å²) >= 11 is 0. The van der Waals surface area contributed by atoms with Crippen LogP contribution in [0.2, 0.25) is 0 Å². The number of fused-ring (bicyclic) bond motifs is 1. The highest BCUT2D eigenvalue weighted by molar-refractivity contribution is 5.87. The van der Waals surface area contributed by atoms with E-state index >= 15 is 0 Å². The Morgan fingerprint density at radius 1 is 1.14 bits per heavy atom. The molecule has 0 aliphatic rings. The number of benzene rings is 1. The van der Waals surface area contributed by atoms with Gasteiger partial charge in [-0.2, -0.15) is 10.4 Å². The van der Waals surface area contributed by atoms with Crippen LogP contribution in [-0.2, 0) is 6.54 Å². The van der Waals surface area contributed by atoms with Gasteiger partial charge in [0.25, 0.3) is 0 Å². The smallest absolute Gasteiger partial charge is 0.141 e. The summed E-state index contributed by atoms with van der Waals surface area (Å²) in [7, 11) is 0. The summed E-state index contributed by atoms with van der Waals surface area (Å²) in [6, 6.07) is 15.7. The van der Waals surface area contributed by atoms with E-state index in [2.05, 4.69) is 21.1 Å². The number of nitrogens with zero attached hydrogens (tertiary/aromatic N) is 5. The van der Waals surface area contributed by atoms with Crippen molar-refractivity contribution in [2.45, 2.75) is 20.4 Å². The Labute approximate surface area is 169 Å². The van der Waals surface area contributed by atoms with E-state index in [0.29, 0.717) is 12.2 Å². The van der Waals surface area contributed by atoms with Crippen LogP contribution in [0.1, 0.15) is 19.5 Å². The largest absolute Gasteiger partial charge is 0.396 e. The van der Waals surface area contributed by atoms with Gasteiger partial charge >= 0.3 is 0 Å². The van der Waals surface area contributed by atoms with Crippen molar-refractivity contribution in [3.63, 3.8) is 0 Å². The van der Waals surface area contributed by atoms with Crippen molar-refractivity contribution in [1.29, 1.82) is 5.26 Å². The number of hydrogen-bond donors (Lipinski definition) is 1. The van der Waals surface area contributed by atoms with Crippen molar-refractivity contribution in [1.82, 2.24) is 19.7 Å². The van der Waals surface area contributed by atoms with Crippen LogP contribution < -0.4 is 0 Å². The first-order valence-electron chi connectivity index (χ1n) is 9.39. The Morgan fingerprint density at radius 2 is 2.00 bits per heavy atom. The van der Waals surface area contributed by atoms with Crippen molar-refractivity contribution in [2.24, 2.45) is 5.41 Å². The number of aromatic nitrogens is 4. The van der Waals surface area contributed by atoms with Gasteiger partial charge in [-0.25, -0.2) is 4.98 Å². The second-order valence-electron chi connectivity index (χ2n) is 7.86. The van der Waals surface area contributed by atoms with E-state index in [1.165, 1.54) is 0 Å². The molecule has 0 unspecified atom stereocenters. The Bertz CT molecular complexity index is 1220. The molecule has 144 valence electrons. The van der Waals surface area contributed by atoms with E-state index in [0.717, 1.165) is 33.3 Å². The van der Waals surface area contributed by atoms with Gasteiger partial charge in [0.1, 0.15) is 11.8 Å². The van der Waals surface area contributed by atoms with Gasteiger partial charge < -0.3 is 5.11 Å². The standard InChI is InChI=1S/C23H21N5O/c1-23(2,15-29)14-28-13-18(12-26-28)20-8-7-19(11-24)27-22(20)17-6-5-16-4-3-9-25-21(16)10-17/h3-10,12-13,29H,14-15H2,1-2H3. The number of rotatable bonds is 5. The predicted molar refractivity (Wildman–Crippen MR) is 112 cm³/mol. The van der Waals surface area contributed by atoms with Gasteiger partial charge in [-0.15, -0.1) is 0 Å². The van der Waals surface area contributed by atoms with Gasteiger partial charge in [-0.1, -0.05) is 32.0 Å². The first-order chi connectivity index (χ1) is 14.0. The van der Waals surface area contributed by atoms with Crippen LogP contribution in [-0.4, -0.2) is 31.5 Å². The molecule has 1 N–H and O–H groups in total. The quantitative estimate of drug-likeness (QED) is 0.562. The van der Waals surface area contributed by atoms with Crippen LogP contribution >= 0.6 is 0 Å². The molecule has 3 heterocycles. The summed E-state index contributed by atoms with van der Waals surface area (Å²) in [5, 5.41) is 24.4. The summed E-state index contributed by atoms with van der Waals surface area (Å²) in [5.41, 5.74) is 4.39. The molecule has 0 spiro atoms. The fourth-order valence-corrected chi connectivity index (χ4v) is 3.27. The highest BCUT2D eigenvalue weighted by atomic mass is 16.3. The van der Waals surface area contributed by atoms with Gasteiger partial charge in [-0.05, 0) is 24.3 Å². The minimum absolute atomic E-state index is 0.0793. The van der Waals surface area contributed by atoms with Crippen molar-refractivity contribution in [3.8, 4) is 28.5 Å². The molecule has 0 bridgehead atoms. The summed E-state index contributed by atoms with van der Waals surface area (Å²) in [6.07, 6.45) is 5.50. The second kappa shape index (κ2) is 7.46. The minimum atomic E-state index is -0.265. The zero-order valence-corrected chi connectivity index (χ0v) is 16.4. The Kier molecular flexibility index (Phi) is 4.83. The molecule has 0 fully saturated rings. The molecule has 1 aromatic carbocycles. The topological polar surface area (TPSA) is 87.6 Å². The molecule has 0 saturated heterocycles. The Morgan fingerprint density at radius 3 is 2.79 bits per heavy atom. The highest BCUT2D eigenvalue weighted by Gasteiger charge is 2.19. The van der Waals surface area contributed by atoms with Crippen LogP contribution in [0, 0.1) is 16.7 Å². The Balaban J connectivity index is 1.81. The Hall–Kier alpha value is -3.56. The molecule has 0 saturated carbocycles. The molecule has 0 radical (unpaired) electrons. The molecule has 6 heteroatoms. The van der Waals surface area contributed by atoms with E-state index < -0.39 is 0 Å². The number of nitriles is 1. The van der Waals surface area contributed by atoms with Gasteiger partial charge in [0.2, 0.25) is 0 Å². The lowest BCUT2D eigenvalue weighted by atomic mass is 9.95. The predicted octanol–water partition coefficient (Wildman–Crippen LogP) is 4.05. The van der Waals surface area contributed by atoms with Crippen molar-refractivity contribution in [2.75, 3.05) is 6.61 Å². The molecule has 6 nitrogen and oxygen atoms in total. The van der Waals surface area contributed by atoms with E-state index in [1.807, 2.05) is 61.1 Å². The normalized spacial score (nSPS) is 11.5. The zero-order valence-electron chi connectivity index (χ0n) is 16.4. The maximum Gasteiger partial charge on any atom is 0.141 e. The maximum atomic E-state index is 9.53. The first-order valence-corrected chi connectivity index (χ1v) is 9.39. The monoisotopic (exact) mass is 383 g/mol. The average Bonchev–Trinajstić information content (AvgIpc) is 3.20. The summed E-state index contributed by atoms with van der Waals surface area (Å²) in [5.74, 6) is 0. The zero-order chi connectivity index (χ0) is 20.4. The van der Waals surface area contributed by atoms with E-state index in [9.17, 15) is 10.4 Å². The molecule has 3 aromatic heterocycles. The van der Waals surface area contributed by atoms with Gasteiger partial charge in [0.05, 0.1) is 17.4 Å². The second-order valence-corrected chi connectivity index (χ2v) is 7.86. The van der Waals surface area contributed by atoms with E-state index in [-0.39, 0.29) is 12.0 Å². The third-order valence-corrected chi connectivity index (χ3v) is 4.85. The number of hydrogen-bond acceptors (Lipinski definition) is 5. The molecule has 29 heavy (non-hydrogen) atoms. The molecule has 0 aliphatic heterocycles. The van der Waals surface area contributed by atoms with Crippen LogP contribution in [0.4, 0.5) is 0 Å². The highest BCUT2D eigenvalue weighted by Crippen LogP contribution is 2.32. The van der Waals surface area contributed by atoms with Crippen molar-refractivity contribution in [3.05, 3.63) is 66.7 Å². The van der Waals surface area contributed by atoms with Gasteiger partial charge in [0, 0.05) is 53.0 Å². The molecule has 0 atom stereocenters. The van der Waals surface area contributed by atoms with Crippen LogP contribution in [0.3, 0.4) is 0 Å². The van der Waals surface area contributed by atoms with Crippen LogP contribution in [0.25, 0.3) is 33.3 Å². The van der Waals surface area contributed by atoms with Gasteiger partial charge in [0.15, 0.2) is 0 Å². The molecule has 4 rings (SSSR count). The number of aliphatic hydroxyl groups excluding tert-OH is 1. The number of aliphatic hydroxyl groups is 1. The number of pyridine rings is 2. The molecular weight excluding hydrogens is 362 g/mol. The fraction of sp³-hybridized carbons (Fsp3) is 0.217. The summed E-state index contributed by atoms with van der Waals surface area (Å²) in [6.45, 7) is 4.66. The van der Waals surface area contributed by atoms with Gasteiger partial charge in [-0.3, -0.25) is 9.67 Å². The molecule has 0 amide bonds. The summed E-state index contributed by atoms with van der Waals surface area (Å²) < 4.78 is 1.83.